The van der Waals surface area contributed by atoms with Crippen molar-refractivity contribution in [3.63, 3.8) is 0 Å². The highest BCUT2D eigenvalue weighted by atomic mass is 16.5. The van der Waals surface area contributed by atoms with Gasteiger partial charge in [0, 0.05) is 14.2 Å². The predicted molar refractivity (Wildman–Crippen MR) is 73.2 cm³/mol. The Morgan fingerprint density at radius 2 is 1.95 bits per heavy atom. The average molecular weight is 266 g/mol. The third-order valence-corrected chi connectivity index (χ3v) is 3.22. The van der Waals surface area contributed by atoms with Gasteiger partial charge in [0.25, 0.3) is 0 Å². The third kappa shape index (κ3) is 4.04. The molecule has 4 heteroatoms. The van der Waals surface area contributed by atoms with Crippen molar-refractivity contribution < 1.29 is 19.4 Å². The maximum atomic E-state index is 11.2. The van der Waals surface area contributed by atoms with Crippen LogP contribution in [-0.2, 0) is 20.7 Å². The SMILES string of the molecule is COCC(OC)c1ccccc1CC(C)(C)C(=O)O. The van der Waals surface area contributed by atoms with Crippen LogP contribution in [-0.4, -0.2) is 31.9 Å². The number of benzene rings is 1. The second kappa shape index (κ2) is 6.68. The van der Waals surface area contributed by atoms with Crippen LogP contribution < -0.4 is 0 Å². The molecule has 0 aliphatic rings. The monoisotopic (exact) mass is 266 g/mol. The molecule has 0 saturated heterocycles. The number of methoxy groups -OCH3 is 2. The Balaban J connectivity index is 3.05. The maximum Gasteiger partial charge on any atom is 0.309 e. The van der Waals surface area contributed by atoms with Gasteiger partial charge in [-0.1, -0.05) is 24.3 Å². The van der Waals surface area contributed by atoms with E-state index in [1.165, 1.54) is 0 Å². The summed E-state index contributed by atoms with van der Waals surface area (Å²) in [5.74, 6) is -0.803. The van der Waals surface area contributed by atoms with Crippen LogP contribution in [0.5, 0.6) is 0 Å². The van der Waals surface area contributed by atoms with Crippen LogP contribution in [0.15, 0.2) is 24.3 Å². The van der Waals surface area contributed by atoms with E-state index in [0.717, 1.165) is 11.1 Å². The topological polar surface area (TPSA) is 55.8 Å². The van der Waals surface area contributed by atoms with Gasteiger partial charge in [-0.05, 0) is 31.4 Å². The van der Waals surface area contributed by atoms with E-state index in [2.05, 4.69) is 0 Å². The molecule has 0 fully saturated rings. The first-order chi connectivity index (χ1) is 8.92. The van der Waals surface area contributed by atoms with Crippen LogP contribution in [0.2, 0.25) is 0 Å². The Morgan fingerprint density at radius 3 is 2.47 bits per heavy atom. The minimum absolute atomic E-state index is 0.175. The lowest BCUT2D eigenvalue weighted by Gasteiger charge is -2.24. The van der Waals surface area contributed by atoms with Crippen molar-refractivity contribution in [3.05, 3.63) is 35.4 Å². The van der Waals surface area contributed by atoms with Gasteiger partial charge in [-0.25, -0.2) is 0 Å². The van der Waals surface area contributed by atoms with E-state index in [-0.39, 0.29) is 6.10 Å². The first-order valence-corrected chi connectivity index (χ1v) is 6.25. The summed E-state index contributed by atoms with van der Waals surface area (Å²) in [7, 11) is 3.25. The summed E-state index contributed by atoms with van der Waals surface area (Å²) in [6, 6.07) is 7.74. The molecule has 4 nitrogen and oxygen atoms in total. The standard InChI is InChI=1S/C15H22O4/c1-15(2,14(16)17)9-11-7-5-6-8-12(11)13(19-4)10-18-3/h5-8,13H,9-10H2,1-4H3,(H,16,17). The molecule has 1 atom stereocenters. The van der Waals surface area contributed by atoms with Gasteiger partial charge < -0.3 is 14.6 Å². The number of hydrogen-bond donors (Lipinski definition) is 1. The number of carboxylic acid groups (broad SMARTS) is 1. The first kappa shape index (κ1) is 15.7. The Bertz CT molecular complexity index is 426. The molecule has 0 aromatic heterocycles. The molecule has 106 valence electrons. The molecular formula is C15H22O4. The highest BCUT2D eigenvalue weighted by molar-refractivity contribution is 5.74. The number of carbonyl (C=O) groups is 1. The highest BCUT2D eigenvalue weighted by Gasteiger charge is 2.29. The summed E-state index contributed by atoms with van der Waals surface area (Å²) < 4.78 is 10.6. The summed E-state index contributed by atoms with van der Waals surface area (Å²) in [5.41, 5.74) is 1.17. The molecular weight excluding hydrogens is 244 g/mol. The molecule has 1 aromatic carbocycles. The summed E-state index contributed by atoms with van der Waals surface area (Å²) in [6.07, 6.45) is 0.285. The number of hydrogen-bond acceptors (Lipinski definition) is 3. The van der Waals surface area contributed by atoms with Crippen molar-refractivity contribution in [3.8, 4) is 0 Å². The molecule has 0 bridgehead atoms. The molecule has 0 aliphatic heterocycles. The Morgan fingerprint density at radius 1 is 1.32 bits per heavy atom. The minimum atomic E-state index is -0.804. The lowest BCUT2D eigenvalue weighted by molar-refractivity contribution is -0.146. The van der Waals surface area contributed by atoms with Crippen LogP contribution in [0.3, 0.4) is 0 Å². The Hall–Kier alpha value is -1.39. The lowest BCUT2D eigenvalue weighted by Crippen LogP contribution is -2.27. The van der Waals surface area contributed by atoms with E-state index >= 15 is 0 Å². The molecule has 0 spiro atoms. The molecule has 0 saturated carbocycles. The minimum Gasteiger partial charge on any atom is -0.481 e. The van der Waals surface area contributed by atoms with Crippen LogP contribution in [0.1, 0.15) is 31.1 Å². The number of ether oxygens (including phenoxy) is 2. The third-order valence-electron chi connectivity index (χ3n) is 3.22. The number of carboxylic acids is 1. The average Bonchev–Trinajstić information content (AvgIpc) is 2.36. The number of rotatable bonds is 7. The molecule has 1 aromatic rings. The highest BCUT2D eigenvalue weighted by Crippen LogP contribution is 2.28. The zero-order chi connectivity index (χ0) is 14.5. The van der Waals surface area contributed by atoms with Gasteiger partial charge in [0.15, 0.2) is 0 Å². The van der Waals surface area contributed by atoms with Gasteiger partial charge in [0.05, 0.1) is 12.0 Å². The van der Waals surface area contributed by atoms with Crippen molar-refractivity contribution in [2.24, 2.45) is 5.41 Å². The summed E-state index contributed by atoms with van der Waals surface area (Å²) >= 11 is 0. The van der Waals surface area contributed by atoms with Crippen molar-refractivity contribution in [2.45, 2.75) is 26.4 Å². The maximum absolute atomic E-state index is 11.2. The van der Waals surface area contributed by atoms with E-state index in [9.17, 15) is 9.90 Å². The molecule has 1 rings (SSSR count). The van der Waals surface area contributed by atoms with Gasteiger partial charge in [-0.2, -0.15) is 0 Å². The van der Waals surface area contributed by atoms with Crippen LogP contribution in [0.25, 0.3) is 0 Å². The largest absolute Gasteiger partial charge is 0.481 e. The van der Waals surface area contributed by atoms with Gasteiger partial charge in [-0.3, -0.25) is 4.79 Å². The van der Waals surface area contributed by atoms with E-state index in [1.54, 1.807) is 28.1 Å². The normalized spacial score (nSPS) is 13.3. The smallest absolute Gasteiger partial charge is 0.309 e. The fourth-order valence-corrected chi connectivity index (χ4v) is 2.00. The lowest BCUT2D eigenvalue weighted by atomic mass is 9.83. The van der Waals surface area contributed by atoms with Crippen molar-refractivity contribution in [1.82, 2.24) is 0 Å². The van der Waals surface area contributed by atoms with Crippen molar-refractivity contribution in [2.75, 3.05) is 20.8 Å². The van der Waals surface area contributed by atoms with Gasteiger partial charge >= 0.3 is 5.97 Å². The fraction of sp³-hybridized carbons (Fsp3) is 0.533. The second-order valence-corrected chi connectivity index (χ2v) is 5.24. The molecule has 0 radical (unpaired) electrons. The van der Waals surface area contributed by atoms with Crippen molar-refractivity contribution >= 4 is 5.97 Å². The summed E-state index contributed by atoms with van der Waals surface area (Å²) in [6.45, 7) is 3.90. The van der Waals surface area contributed by atoms with Gasteiger partial charge in [-0.15, -0.1) is 0 Å². The fourth-order valence-electron chi connectivity index (χ4n) is 2.00. The van der Waals surface area contributed by atoms with E-state index in [1.807, 2.05) is 24.3 Å². The van der Waals surface area contributed by atoms with E-state index in [0.29, 0.717) is 13.0 Å². The molecule has 1 N–H and O–H groups in total. The Kier molecular flexibility index (Phi) is 5.51. The van der Waals surface area contributed by atoms with E-state index < -0.39 is 11.4 Å². The van der Waals surface area contributed by atoms with E-state index in [4.69, 9.17) is 9.47 Å². The van der Waals surface area contributed by atoms with Crippen LogP contribution >= 0.6 is 0 Å². The predicted octanol–water partition coefficient (Wildman–Crippen LogP) is 2.67. The molecule has 0 amide bonds. The second-order valence-electron chi connectivity index (χ2n) is 5.24. The molecule has 1 unspecified atom stereocenters. The quantitative estimate of drug-likeness (QED) is 0.824. The molecule has 19 heavy (non-hydrogen) atoms. The Labute approximate surface area is 114 Å². The number of aliphatic carboxylic acids is 1. The summed E-state index contributed by atoms with van der Waals surface area (Å²) in [5, 5.41) is 9.24. The van der Waals surface area contributed by atoms with Gasteiger partial charge in [0.2, 0.25) is 0 Å². The first-order valence-electron chi connectivity index (χ1n) is 6.25. The van der Waals surface area contributed by atoms with Crippen LogP contribution in [0.4, 0.5) is 0 Å². The molecule has 0 heterocycles. The van der Waals surface area contributed by atoms with Crippen LogP contribution in [0, 0.1) is 5.41 Å². The summed E-state index contributed by atoms with van der Waals surface area (Å²) in [4.78, 5) is 11.2. The van der Waals surface area contributed by atoms with Gasteiger partial charge in [0.1, 0.15) is 6.10 Å². The zero-order valence-electron chi connectivity index (χ0n) is 12.0. The molecule has 0 aliphatic carbocycles. The van der Waals surface area contributed by atoms with Crippen molar-refractivity contribution in [1.29, 1.82) is 0 Å². The zero-order valence-corrected chi connectivity index (χ0v) is 12.0.